The SMILES string of the molecule is CC(C)C[C@H](NC(=O)c1cc2ccccc2o1)C(=O)N([C@H]1CC[C@@H](C)NCC1=O)S(=O)(=O)c1ccccn1. The van der Waals surface area contributed by atoms with Gasteiger partial charge in [-0.2, -0.15) is 8.42 Å². The molecule has 0 spiro atoms. The number of aromatic nitrogens is 1. The van der Waals surface area contributed by atoms with E-state index >= 15 is 0 Å². The molecule has 3 aromatic rings. The van der Waals surface area contributed by atoms with Crippen molar-refractivity contribution in [1.82, 2.24) is 19.9 Å². The van der Waals surface area contributed by atoms with Crippen molar-refractivity contribution in [3.63, 3.8) is 0 Å². The Balaban J connectivity index is 1.72. The second-order valence-electron chi connectivity index (χ2n) is 9.95. The van der Waals surface area contributed by atoms with Crippen LogP contribution in [0.3, 0.4) is 0 Å². The number of amides is 2. The summed E-state index contributed by atoms with van der Waals surface area (Å²) in [7, 11) is -4.52. The number of Topliss-reactive ketones (excluding diaryl/α,β-unsaturated/α-hetero) is 1. The highest BCUT2D eigenvalue weighted by Gasteiger charge is 2.44. The zero-order valence-electron chi connectivity index (χ0n) is 21.6. The van der Waals surface area contributed by atoms with E-state index in [9.17, 15) is 22.8 Å². The van der Waals surface area contributed by atoms with Gasteiger partial charge in [-0.1, -0.05) is 38.1 Å². The number of carbonyl (C=O) groups excluding carboxylic acids is 3. The van der Waals surface area contributed by atoms with E-state index in [1.165, 1.54) is 18.3 Å². The topological polar surface area (TPSA) is 139 Å². The van der Waals surface area contributed by atoms with E-state index in [-0.39, 0.29) is 42.1 Å². The molecule has 1 fully saturated rings. The number of ketones is 1. The third-order valence-corrected chi connectivity index (χ3v) is 8.21. The van der Waals surface area contributed by atoms with Gasteiger partial charge >= 0.3 is 0 Å². The molecule has 3 atom stereocenters. The summed E-state index contributed by atoms with van der Waals surface area (Å²) >= 11 is 0. The Morgan fingerprint density at radius 1 is 1.16 bits per heavy atom. The molecular weight excluding hydrogens is 508 g/mol. The summed E-state index contributed by atoms with van der Waals surface area (Å²) in [5.41, 5.74) is 0.509. The number of pyridine rings is 1. The molecule has 4 rings (SSSR count). The molecule has 11 heteroatoms. The highest BCUT2D eigenvalue weighted by Crippen LogP contribution is 2.25. The van der Waals surface area contributed by atoms with E-state index in [1.807, 2.05) is 26.8 Å². The standard InChI is InChI=1S/C27H32N4O6S/c1-17(2)14-20(30-26(33)24-15-19-8-4-5-9-23(19)37-24)27(34)31(21-12-11-18(3)29-16-22(21)32)38(35,36)25-10-6-7-13-28-25/h4-10,13,15,17-18,20-21,29H,11-12,14,16H2,1-3H3,(H,30,33)/t18-,20+,21+/m1/s1. The zero-order valence-corrected chi connectivity index (χ0v) is 22.4. The highest BCUT2D eigenvalue weighted by molar-refractivity contribution is 7.89. The molecule has 1 saturated heterocycles. The van der Waals surface area contributed by atoms with E-state index in [0.717, 1.165) is 5.39 Å². The Kier molecular flexibility index (Phi) is 8.27. The number of carbonyl (C=O) groups is 3. The normalized spacial score (nSPS) is 19.2. The first-order valence-electron chi connectivity index (χ1n) is 12.6. The maximum atomic E-state index is 14.1. The van der Waals surface area contributed by atoms with Gasteiger partial charge < -0.3 is 15.1 Å². The van der Waals surface area contributed by atoms with Crippen LogP contribution in [-0.4, -0.2) is 60.0 Å². The van der Waals surface area contributed by atoms with Gasteiger partial charge in [0.05, 0.1) is 6.54 Å². The summed E-state index contributed by atoms with van der Waals surface area (Å²) < 4.78 is 33.9. The molecule has 0 saturated carbocycles. The molecule has 1 aromatic carbocycles. The van der Waals surface area contributed by atoms with E-state index in [1.54, 1.807) is 30.3 Å². The molecule has 1 aliphatic heterocycles. The smallest absolute Gasteiger partial charge is 0.287 e. The minimum Gasteiger partial charge on any atom is -0.451 e. The number of furan rings is 1. The number of benzene rings is 1. The van der Waals surface area contributed by atoms with Crippen molar-refractivity contribution in [2.75, 3.05) is 6.54 Å². The van der Waals surface area contributed by atoms with Crippen molar-refractivity contribution in [2.24, 2.45) is 5.92 Å². The minimum atomic E-state index is -4.52. The summed E-state index contributed by atoms with van der Waals surface area (Å²) in [4.78, 5) is 44.3. The lowest BCUT2D eigenvalue weighted by Crippen LogP contribution is -2.56. The fraction of sp³-hybridized carbons (Fsp3) is 0.407. The van der Waals surface area contributed by atoms with Crippen molar-refractivity contribution in [3.05, 3.63) is 60.5 Å². The minimum absolute atomic E-state index is 0.00421. The van der Waals surface area contributed by atoms with Crippen molar-refractivity contribution in [1.29, 1.82) is 0 Å². The molecule has 0 bridgehead atoms. The van der Waals surface area contributed by atoms with Crippen molar-refractivity contribution >= 4 is 38.6 Å². The van der Waals surface area contributed by atoms with E-state index < -0.39 is 39.7 Å². The molecule has 38 heavy (non-hydrogen) atoms. The van der Waals surface area contributed by atoms with Crippen LogP contribution < -0.4 is 10.6 Å². The summed E-state index contributed by atoms with van der Waals surface area (Å²) in [5.74, 6) is -2.05. The molecule has 2 amide bonds. The van der Waals surface area contributed by atoms with Crippen molar-refractivity contribution in [3.8, 4) is 0 Å². The lowest BCUT2D eigenvalue weighted by atomic mass is 10.0. The van der Waals surface area contributed by atoms with E-state index in [0.29, 0.717) is 16.3 Å². The quantitative estimate of drug-likeness (QED) is 0.445. The fourth-order valence-electron chi connectivity index (χ4n) is 4.52. The molecule has 0 aliphatic carbocycles. The number of hydrogen-bond donors (Lipinski definition) is 2. The molecule has 0 unspecified atom stereocenters. The van der Waals surface area contributed by atoms with Gasteiger partial charge in [-0.25, -0.2) is 9.29 Å². The summed E-state index contributed by atoms with van der Waals surface area (Å²) in [5, 5.41) is 6.10. The maximum absolute atomic E-state index is 14.1. The van der Waals surface area contributed by atoms with Gasteiger partial charge in [-0.05, 0) is 56.4 Å². The zero-order chi connectivity index (χ0) is 27.4. The number of sulfonamides is 1. The number of nitrogens with one attached hydrogen (secondary N) is 2. The largest absolute Gasteiger partial charge is 0.451 e. The predicted molar refractivity (Wildman–Crippen MR) is 141 cm³/mol. The monoisotopic (exact) mass is 540 g/mol. The van der Waals surface area contributed by atoms with Gasteiger partial charge in [0, 0.05) is 17.6 Å². The number of nitrogens with zero attached hydrogens (tertiary/aromatic N) is 2. The molecule has 202 valence electrons. The van der Waals surface area contributed by atoms with Crippen molar-refractivity contribution < 1.29 is 27.2 Å². The van der Waals surface area contributed by atoms with Crippen LogP contribution in [0.2, 0.25) is 0 Å². The van der Waals surface area contributed by atoms with Gasteiger partial charge in [0.1, 0.15) is 17.7 Å². The Labute approximate surface area is 221 Å². The van der Waals surface area contributed by atoms with Crippen LogP contribution in [0.4, 0.5) is 0 Å². The third-order valence-electron chi connectivity index (χ3n) is 6.49. The third kappa shape index (κ3) is 5.94. The average Bonchev–Trinajstić information content (AvgIpc) is 3.26. The Morgan fingerprint density at radius 3 is 2.58 bits per heavy atom. The molecule has 3 heterocycles. The average molecular weight is 541 g/mol. The lowest BCUT2D eigenvalue weighted by Gasteiger charge is -2.32. The second-order valence-corrected chi connectivity index (χ2v) is 11.7. The summed E-state index contributed by atoms with van der Waals surface area (Å²) in [6, 6.07) is 10.5. The number of hydrogen-bond acceptors (Lipinski definition) is 8. The predicted octanol–water partition coefficient (Wildman–Crippen LogP) is 2.90. The Hall–Kier alpha value is -3.57. The fourth-order valence-corrected chi connectivity index (χ4v) is 6.09. The van der Waals surface area contributed by atoms with Gasteiger partial charge in [0.25, 0.3) is 21.8 Å². The molecule has 10 nitrogen and oxygen atoms in total. The van der Waals surface area contributed by atoms with E-state index in [4.69, 9.17) is 4.42 Å². The van der Waals surface area contributed by atoms with Crippen molar-refractivity contribution in [2.45, 2.75) is 63.2 Å². The Morgan fingerprint density at radius 2 is 1.89 bits per heavy atom. The molecule has 2 aromatic heterocycles. The van der Waals surface area contributed by atoms with Gasteiger partial charge in [-0.3, -0.25) is 14.4 Å². The molecule has 2 N–H and O–H groups in total. The first-order valence-corrected chi connectivity index (χ1v) is 14.1. The van der Waals surface area contributed by atoms with Crippen LogP contribution in [-0.2, 0) is 19.6 Å². The maximum Gasteiger partial charge on any atom is 0.287 e. The number of fused-ring (bicyclic) bond motifs is 1. The van der Waals surface area contributed by atoms with E-state index in [2.05, 4.69) is 15.6 Å². The van der Waals surface area contributed by atoms with Gasteiger partial charge in [0.15, 0.2) is 16.6 Å². The van der Waals surface area contributed by atoms with Crippen LogP contribution >= 0.6 is 0 Å². The first-order chi connectivity index (χ1) is 18.1. The van der Waals surface area contributed by atoms with Gasteiger partial charge in [-0.15, -0.1) is 0 Å². The molecular formula is C27H32N4O6S. The van der Waals surface area contributed by atoms with Crippen LogP contribution in [0, 0.1) is 5.92 Å². The van der Waals surface area contributed by atoms with Gasteiger partial charge in [0.2, 0.25) is 0 Å². The lowest BCUT2D eigenvalue weighted by molar-refractivity contribution is -0.135. The molecule has 1 aliphatic rings. The summed E-state index contributed by atoms with van der Waals surface area (Å²) in [6.07, 6.45) is 2.09. The molecule has 0 radical (unpaired) electrons. The second kappa shape index (κ2) is 11.4. The number of para-hydroxylation sites is 1. The van der Waals surface area contributed by atoms with Crippen LogP contribution in [0.25, 0.3) is 11.0 Å². The first kappa shape index (κ1) is 27.5. The van der Waals surface area contributed by atoms with Crippen LogP contribution in [0.5, 0.6) is 0 Å². The summed E-state index contributed by atoms with van der Waals surface area (Å²) in [6.45, 7) is 5.53. The van der Waals surface area contributed by atoms with Crippen LogP contribution in [0.15, 0.2) is 64.2 Å². The number of rotatable bonds is 8. The van der Waals surface area contributed by atoms with Crippen LogP contribution in [0.1, 0.15) is 50.6 Å². The Bertz CT molecular complexity index is 1390. The highest BCUT2D eigenvalue weighted by atomic mass is 32.2.